The molecule has 0 unspecified atom stereocenters. The van der Waals surface area contributed by atoms with E-state index < -0.39 is 15.4 Å². The largest absolute Gasteiger partial charge is 0.297 e. The van der Waals surface area contributed by atoms with Crippen LogP contribution in [0.2, 0.25) is 0 Å². The third-order valence-electron chi connectivity index (χ3n) is 1.30. The van der Waals surface area contributed by atoms with E-state index in [1.807, 2.05) is 0 Å². The van der Waals surface area contributed by atoms with Gasteiger partial charge in [0.25, 0.3) is 5.56 Å². The van der Waals surface area contributed by atoms with Gasteiger partial charge in [-0.25, -0.2) is 13.4 Å². The molecule has 0 atom stereocenters. The third-order valence-corrected chi connectivity index (χ3v) is 2.20. The number of nitrogens with zero attached hydrogens (tertiary/aromatic N) is 1. The van der Waals surface area contributed by atoms with Crippen LogP contribution in [0.3, 0.4) is 0 Å². The molecule has 6 heteroatoms. The van der Waals surface area contributed by atoms with Crippen molar-refractivity contribution in [2.24, 2.45) is 0 Å². The Balaban J connectivity index is 3.50. The lowest BCUT2D eigenvalue weighted by Gasteiger charge is -1.97. The number of hydrogen-bond donors (Lipinski definition) is 1. The van der Waals surface area contributed by atoms with Crippen LogP contribution in [0.5, 0.6) is 0 Å². The molecule has 0 amide bonds. The Hall–Kier alpha value is -1.43. The smallest absolute Gasteiger partial charge is 0.252 e. The molecule has 1 heterocycles. The summed E-state index contributed by atoms with van der Waals surface area (Å²) < 4.78 is 22.0. The lowest BCUT2D eigenvalue weighted by molar-refractivity contribution is 0.592. The molecule has 0 saturated carbocycles. The summed E-state index contributed by atoms with van der Waals surface area (Å²) in [6, 6.07) is 1.17. The van der Waals surface area contributed by atoms with Crippen molar-refractivity contribution >= 4 is 15.9 Å². The molecule has 0 aliphatic heterocycles. The Morgan fingerprint density at radius 2 is 2.23 bits per heavy atom. The van der Waals surface area contributed by atoms with Crippen molar-refractivity contribution in [1.82, 2.24) is 9.97 Å². The number of nitrogens with one attached hydrogen (secondary N) is 1. The van der Waals surface area contributed by atoms with Crippen LogP contribution in [0.25, 0.3) is 6.08 Å². The lowest BCUT2D eigenvalue weighted by Crippen LogP contribution is -2.14. The first-order chi connectivity index (χ1) is 5.93. The van der Waals surface area contributed by atoms with Gasteiger partial charge >= 0.3 is 0 Å². The van der Waals surface area contributed by atoms with Crippen molar-refractivity contribution in [2.45, 2.75) is 5.16 Å². The molecule has 0 spiro atoms. The number of sulfone groups is 1. The van der Waals surface area contributed by atoms with Gasteiger partial charge in [-0.2, -0.15) is 0 Å². The molecule has 0 saturated heterocycles. The van der Waals surface area contributed by atoms with E-state index in [1.54, 1.807) is 0 Å². The monoisotopic (exact) mass is 200 g/mol. The fourth-order valence-electron chi connectivity index (χ4n) is 0.733. The Morgan fingerprint density at radius 1 is 1.62 bits per heavy atom. The van der Waals surface area contributed by atoms with Gasteiger partial charge in [-0.15, -0.1) is 0 Å². The van der Waals surface area contributed by atoms with E-state index in [0.717, 1.165) is 6.26 Å². The minimum atomic E-state index is -3.47. The van der Waals surface area contributed by atoms with Gasteiger partial charge in [0, 0.05) is 12.3 Å². The summed E-state index contributed by atoms with van der Waals surface area (Å²) in [5.74, 6) is 0. The molecular weight excluding hydrogens is 192 g/mol. The first-order valence-corrected chi connectivity index (χ1v) is 5.26. The molecule has 0 aliphatic rings. The maximum Gasteiger partial charge on any atom is 0.252 e. The number of rotatable bonds is 2. The predicted molar refractivity (Wildman–Crippen MR) is 48.1 cm³/mol. The van der Waals surface area contributed by atoms with Crippen molar-refractivity contribution in [3.05, 3.63) is 28.7 Å². The number of hydrogen-bond acceptors (Lipinski definition) is 4. The highest BCUT2D eigenvalue weighted by atomic mass is 32.2. The quantitative estimate of drug-likeness (QED) is 0.671. The van der Waals surface area contributed by atoms with Crippen LogP contribution in [0, 0.1) is 0 Å². The molecule has 1 aromatic rings. The van der Waals surface area contributed by atoms with E-state index in [4.69, 9.17) is 0 Å². The van der Waals surface area contributed by atoms with E-state index in [-0.39, 0.29) is 10.9 Å². The minimum Gasteiger partial charge on any atom is -0.297 e. The van der Waals surface area contributed by atoms with Gasteiger partial charge in [-0.3, -0.25) is 9.78 Å². The molecule has 0 radical (unpaired) electrons. The first-order valence-electron chi connectivity index (χ1n) is 3.37. The zero-order valence-corrected chi connectivity index (χ0v) is 7.76. The van der Waals surface area contributed by atoms with Crippen LogP contribution in [0.4, 0.5) is 0 Å². The Labute approximate surface area is 75.1 Å². The molecule has 0 bridgehead atoms. The number of aromatic nitrogens is 2. The first kappa shape index (κ1) is 9.66. The highest BCUT2D eigenvalue weighted by Crippen LogP contribution is 1.99. The van der Waals surface area contributed by atoms with Gasteiger partial charge < -0.3 is 0 Å². The summed E-state index contributed by atoms with van der Waals surface area (Å²) in [5.41, 5.74) is -0.269. The molecule has 5 nitrogen and oxygen atoms in total. The van der Waals surface area contributed by atoms with Crippen molar-refractivity contribution < 1.29 is 8.42 Å². The zero-order chi connectivity index (χ0) is 10.1. The van der Waals surface area contributed by atoms with E-state index >= 15 is 0 Å². The van der Waals surface area contributed by atoms with Crippen LogP contribution in [0.15, 0.2) is 22.6 Å². The molecule has 0 aromatic carbocycles. The summed E-state index contributed by atoms with van der Waals surface area (Å²) in [4.78, 5) is 16.7. The molecule has 0 fully saturated rings. The Kier molecular flexibility index (Phi) is 2.33. The van der Waals surface area contributed by atoms with Crippen molar-refractivity contribution in [2.75, 3.05) is 6.26 Å². The third kappa shape index (κ3) is 2.25. The van der Waals surface area contributed by atoms with Gasteiger partial charge in [0.2, 0.25) is 15.0 Å². The van der Waals surface area contributed by atoms with E-state index in [1.165, 1.54) is 12.1 Å². The van der Waals surface area contributed by atoms with Crippen LogP contribution in [0.1, 0.15) is 5.69 Å². The Morgan fingerprint density at radius 3 is 2.69 bits per heavy atom. The summed E-state index contributed by atoms with van der Waals surface area (Å²) >= 11 is 0. The summed E-state index contributed by atoms with van der Waals surface area (Å²) in [7, 11) is -3.47. The SMILES string of the molecule is C=Cc1cc(=O)[nH]c(S(C)(=O)=O)n1. The van der Waals surface area contributed by atoms with Crippen molar-refractivity contribution in [3.8, 4) is 0 Å². The minimum absolute atomic E-state index is 0.240. The van der Waals surface area contributed by atoms with Gasteiger partial charge in [-0.1, -0.05) is 6.58 Å². The van der Waals surface area contributed by atoms with Gasteiger partial charge in [0.05, 0.1) is 5.69 Å². The fourth-order valence-corrected chi connectivity index (χ4v) is 1.29. The van der Waals surface area contributed by atoms with Crippen LogP contribution in [-0.2, 0) is 9.84 Å². The fraction of sp³-hybridized carbons (Fsp3) is 0.143. The number of aromatic amines is 1. The highest BCUT2D eigenvalue weighted by molar-refractivity contribution is 7.90. The van der Waals surface area contributed by atoms with Crippen LogP contribution >= 0.6 is 0 Å². The highest BCUT2D eigenvalue weighted by Gasteiger charge is 2.10. The van der Waals surface area contributed by atoms with E-state index in [2.05, 4.69) is 16.5 Å². The summed E-state index contributed by atoms with van der Waals surface area (Å²) in [6.45, 7) is 3.39. The van der Waals surface area contributed by atoms with E-state index in [0.29, 0.717) is 0 Å². The predicted octanol–water partition coefficient (Wildman–Crippen LogP) is -0.184. The average molecular weight is 200 g/mol. The van der Waals surface area contributed by atoms with Gasteiger partial charge in [0.1, 0.15) is 0 Å². The second kappa shape index (κ2) is 3.14. The van der Waals surface area contributed by atoms with Gasteiger partial charge in [0.15, 0.2) is 0 Å². The van der Waals surface area contributed by atoms with Crippen LogP contribution in [-0.4, -0.2) is 24.6 Å². The Bertz CT molecular complexity index is 487. The molecular formula is C7H8N2O3S. The molecule has 1 N–H and O–H groups in total. The molecule has 1 aromatic heterocycles. The normalized spacial score (nSPS) is 11.2. The van der Waals surface area contributed by atoms with Gasteiger partial charge in [-0.05, 0) is 6.08 Å². The van der Waals surface area contributed by atoms with Crippen LogP contribution < -0.4 is 5.56 Å². The summed E-state index contributed by atoms with van der Waals surface area (Å²) in [5, 5.41) is -0.338. The molecule has 0 aliphatic carbocycles. The molecule has 70 valence electrons. The standard InChI is InChI=1S/C7H8N2O3S/c1-3-5-4-6(10)9-7(8-5)13(2,11)12/h3-4H,1H2,2H3,(H,8,9,10). The summed E-state index contributed by atoms with van der Waals surface area (Å²) in [6.07, 6.45) is 2.28. The van der Waals surface area contributed by atoms with E-state index in [9.17, 15) is 13.2 Å². The molecule has 1 rings (SSSR count). The maximum absolute atomic E-state index is 11.0. The number of H-pyrrole nitrogens is 1. The second-order valence-corrected chi connectivity index (χ2v) is 4.38. The zero-order valence-electron chi connectivity index (χ0n) is 6.94. The van der Waals surface area contributed by atoms with Crippen molar-refractivity contribution in [1.29, 1.82) is 0 Å². The lowest BCUT2D eigenvalue weighted by atomic mass is 10.4. The average Bonchev–Trinajstić information content (AvgIpc) is 2.01. The molecule has 13 heavy (non-hydrogen) atoms. The maximum atomic E-state index is 11.0. The second-order valence-electron chi connectivity index (χ2n) is 2.45. The topological polar surface area (TPSA) is 79.9 Å². The van der Waals surface area contributed by atoms with Crippen molar-refractivity contribution in [3.63, 3.8) is 0 Å².